The molecule has 34 heavy (non-hydrogen) atoms. The third-order valence-electron chi connectivity index (χ3n) is 6.62. The first-order chi connectivity index (χ1) is 16.5. The van der Waals surface area contributed by atoms with Crippen molar-refractivity contribution in [1.29, 1.82) is 0 Å². The van der Waals surface area contributed by atoms with Crippen molar-refractivity contribution in [3.63, 3.8) is 0 Å². The molecule has 0 atom stereocenters. The molecule has 0 radical (unpaired) electrons. The van der Waals surface area contributed by atoms with Crippen LogP contribution in [0.5, 0.6) is 11.8 Å². The molecule has 8 nitrogen and oxygen atoms in total. The molecule has 9 heteroatoms. The number of nitrogens with one attached hydrogen (secondary N) is 1. The average molecular weight is 491 g/mol. The number of halogens is 1. The van der Waals surface area contributed by atoms with Crippen molar-refractivity contribution in [3.05, 3.63) is 34.9 Å². The van der Waals surface area contributed by atoms with E-state index in [1.807, 2.05) is 18.2 Å². The van der Waals surface area contributed by atoms with Gasteiger partial charge in [-0.1, -0.05) is 30.5 Å². The highest BCUT2D eigenvalue weighted by Crippen LogP contribution is 2.40. The lowest BCUT2D eigenvalue weighted by molar-refractivity contribution is -0.145. The van der Waals surface area contributed by atoms with Crippen molar-refractivity contribution in [2.24, 2.45) is 0 Å². The van der Waals surface area contributed by atoms with Gasteiger partial charge >= 0.3 is 5.97 Å². The molecule has 2 fully saturated rings. The fraction of sp³-hybridized carbons (Fsp3) is 0.520. The highest BCUT2D eigenvalue weighted by Gasteiger charge is 2.40. The number of nitrogens with zero attached hydrogens (tertiary/aromatic N) is 1. The van der Waals surface area contributed by atoms with Crippen LogP contribution in [0, 0.1) is 0 Å². The molecule has 0 unspecified atom stereocenters. The average Bonchev–Trinajstić information content (AvgIpc) is 3.37. The first kappa shape index (κ1) is 24.6. The summed E-state index contributed by atoms with van der Waals surface area (Å²) in [6.45, 7) is 1.18. The van der Waals surface area contributed by atoms with E-state index >= 15 is 0 Å². The van der Waals surface area contributed by atoms with Gasteiger partial charge in [-0.15, -0.1) is 0 Å². The Balaban J connectivity index is 1.72. The van der Waals surface area contributed by atoms with Crippen molar-refractivity contribution < 1.29 is 28.8 Å². The predicted octanol–water partition coefficient (Wildman–Crippen LogP) is 4.92. The third-order valence-corrected chi connectivity index (χ3v) is 6.98. The van der Waals surface area contributed by atoms with Crippen molar-refractivity contribution in [3.8, 4) is 22.9 Å². The van der Waals surface area contributed by atoms with E-state index in [4.69, 9.17) is 30.5 Å². The van der Waals surface area contributed by atoms with Gasteiger partial charge in [0.2, 0.25) is 11.8 Å². The maximum absolute atomic E-state index is 12.1. The van der Waals surface area contributed by atoms with Gasteiger partial charge in [0.1, 0.15) is 10.6 Å². The summed E-state index contributed by atoms with van der Waals surface area (Å²) < 4.78 is 22.3. The second-order valence-electron chi connectivity index (χ2n) is 8.75. The quantitative estimate of drug-likeness (QED) is 0.510. The summed E-state index contributed by atoms with van der Waals surface area (Å²) in [4.78, 5) is 16.4. The molecule has 1 saturated carbocycles. The number of pyridine rings is 1. The van der Waals surface area contributed by atoms with Gasteiger partial charge in [0, 0.05) is 43.4 Å². The molecule has 2 heterocycles. The van der Waals surface area contributed by atoms with E-state index in [0.29, 0.717) is 54.8 Å². The number of carboxylic acid groups (broad SMARTS) is 1. The van der Waals surface area contributed by atoms with E-state index < -0.39 is 11.5 Å². The van der Waals surface area contributed by atoms with Crippen LogP contribution in [0.1, 0.15) is 44.1 Å². The summed E-state index contributed by atoms with van der Waals surface area (Å²) in [5.41, 5.74) is 2.10. The molecule has 1 saturated heterocycles. The van der Waals surface area contributed by atoms with Crippen LogP contribution in [0.15, 0.2) is 24.3 Å². The maximum Gasteiger partial charge on any atom is 0.329 e. The van der Waals surface area contributed by atoms with Crippen LogP contribution >= 0.6 is 11.6 Å². The zero-order valence-corrected chi connectivity index (χ0v) is 20.3. The molecule has 2 aliphatic rings. The Hall–Kier alpha value is -2.55. The smallest absolute Gasteiger partial charge is 0.329 e. The number of aliphatic carboxylic acids is 1. The van der Waals surface area contributed by atoms with Crippen molar-refractivity contribution in [2.75, 3.05) is 32.8 Å². The van der Waals surface area contributed by atoms with E-state index in [9.17, 15) is 9.90 Å². The molecule has 2 aromatic rings. The summed E-state index contributed by atoms with van der Waals surface area (Å²) in [6, 6.07) is 7.50. The molecule has 2 N–H and O–H groups in total. The summed E-state index contributed by atoms with van der Waals surface area (Å²) in [7, 11) is 3.05. The lowest BCUT2D eigenvalue weighted by atomic mass is 9.89. The molecule has 4 rings (SSSR count). The minimum atomic E-state index is -1.07. The standard InChI is InChI=1S/C25H31ClN2O6/c1-31-21-14-20(22(26)23(27-21)32-2)19-8-7-17(13-16(19)15-34-18-5-3-4-6-18)28-25(24(29)30)9-11-33-12-10-25/h7-8,13-14,18,28H,3-6,9-12,15H2,1-2H3,(H,29,30). The molecule has 0 bridgehead atoms. The van der Waals surface area contributed by atoms with E-state index in [-0.39, 0.29) is 12.0 Å². The molecular formula is C25H31ClN2O6. The number of hydrogen-bond acceptors (Lipinski definition) is 7. The fourth-order valence-corrected chi connectivity index (χ4v) is 4.90. The van der Waals surface area contributed by atoms with Crippen LogP contribution < -0.4 is 14.8 Å². The Morgan fingerprint density at radius 2 is 1.91 bits per heavy atom. The largest absolute Gasteiger partial charge is 0.481 e. The number of ether oxygens (including phenoxy) is 4. The van der Waals surface area contributed by atoms with Gasteiger partial charge in [0.05, 0.1) is 26.9 Å². The minimum absolute atomic E-state index is 0.224. The molecule has 0 spiro atoms. The number of anilines is 1. The number of benzene rings is 1. The summed E-state index contributed by atoms with van der Waals surface area (Å²) >= 11 is 6.64. The zero-order chi connectivity index (χ0) is 24.1. The Morgan fingerprint density at radius 3 is 2.56 bits per heavy atom. The first-order valence-corrected chi connectivity index (χ1v) is 12.0. The minimum Gasteiger partial charge on any atom is -0.481 e. The van der Waals surface area contributed by atoms with Crippen LogP contribution in [0.2, 0.25) is 5.02 Å². The molecule has 1 aliphatic carbocycles. The van der Waals surface area contributed by atoms with E-state index in [0.717, 1.165) is 24.0 Å². The highest BCUT2D eigenvalue weighted by molar-refractivity contribution is 6.34. The molecule has 1 aliphatic heterocycles. The Bertz CT molecular complexity index is 1020. The molecule has 0 amide bonds. The topological polar surface area (TPSA) is 99.1 Å². The van der Waals surface area contributed by atoms with E-state index in [1.54, 1.807) is 6.07 Å². The van der Waals surface area contributed by atoms with Crippen molar-refractivity contribution >= 4 is 23.3 Å². The van der Waals surface area contributed by atoms with Gasteiger partial charge in [0.25, 0.3) is 0 Å². The fourth-order valence-electron chi connectivity index (χ4n) is 4.62. The van der Waals surface area contributed by atoms with Crippen LogP contribution in [-0.4, -0.2) is 55.1 Å². The number of carboxylic acids is 1. The summed E-state index contributed by atoms with van der Waals surface area (Å²) in [5, 5.41) is 13.6. The molecule has 1 aromatic heterocycles. The van der Waals surface area contributed by atoms with Crippen LogP contribution in [0.4, 0.5) is 5.69 Å². The normalized spacial score (nSPS) is 18.0. The summed E-state index contributed by atoms with van der Waals surface area (Å²) in [5.74, 6) is -0.226. The van der Waals surface area contributed by atoms with Gasteiger partial charge < -0.3 is 29.4 Å². The number of carbonyl (C=O) groups is 1. The number of aromatic nitrogens is 1. The molecule has 184 valence electrons. The van der Waals surface area contributed by atoms with Gasteiger partial charge in [-0.25, -0.2) is 4.79 Å². The Morgan fingerprint density at radius 1 is 1.18 bits per heavy atom. The van der Waals surface area contributed by atoms with Gasteiger partial charge in [-0.2, -0.15) is 4.98 Å². The SMILES string of the molecule is COc1cc(-c2ccc(NC3(C(=O)O)CCOCC3)cc2COC2CCCC2)c(Cl)c(OC)n1. The monoisotopic (exact) mass is 490 g/mol. The van der Waals surface area contributed by atoms with Crippen molar-refractivity contribution in [2.45, 2.75) is 56.8 Å². The third kappa shape index (κ3) is 5.24. The Kier molecular flexibility index (Phi) is 7.80. The van der Waals surface area contributed by atoms with Crippen LogP contribution in [0.25, 0.3) is 11.1 Å². The predicted molar refractivity (Wildman–Crippen MR) is 129 cm³/mol. The summed E-state index contributed by atoms with van der Waals surface area (Å²) in [6.07, 6.45) is 5.45. The second-order valence-corrected chi connectivity index (χ2v) is 9.13. The van der Waals surface area contributed by atoms with Crippen LogP contribution in [-0.2, 0) is 20.9 Å². The van der Waals surface area contributed by atoms with Gasteiger partial charge in [-0.05, 0) is 36.1 Å². The molecular weight excluding hydrogens is 460 g/mol. The number of hydrogen-bond donors (Lipinski definition) is 2. The lowest BCUT2D eigenvalue weighted by Crippen LogP contribution is -2.50. The number of methoxy groups -OCH3 is 2. The van der Waals surface area contributed by atoms with E-state index in [2.05, 4.69) is 10.3 Å². The highest BCUT2D eigenvalue weighted by atomic mass is 35.5. The lowest BCUT2D eigenvalue weighted by Gasteiger charge is -2.35. The first-order valence-electron chi connectivity index (χ1n) is 11.6. The van der Waals surface area contributed by atoms with Gasteiger partial charge in [-0.3, -0.25) is 0 Å². The van der Waals surface area contributed by atoms with E-state index in [1.165, 1.54) is 27.1 Å². The van der Waals surface area contributed by atoms with Crippen LogP contribution in [0.3, 0.4) is 0 Å². The Labute approximate surface area is 204 Å². The van der Waals surface area contributed by atoms with Crippen molar-refractivity contribution in [1.82, 2.24) is 4.98 Å². The molecule has 1 aromatic carbocycles. The maximum atomic E-state index is 12.1. The zero-order valence-electron chi connectivity index (χ0n) is 19.6. The number of rotatable bonds is 9. The second kappa shape index (κ2) is 10.8. The van der Waals surface area contributed by atoms with Gasteiger partial charge in [0.15, 0.2) is 0 Å².